The van der Waals surface area contributed by atoms with E-state index in [1.165, 1.54) is 26.7 Å². The van der Waals surface area contributed by atoms with Crippen molar-refractivity contribution < 1.29 is 55.4 Å². The molecule has 0 amide bonds. The quantitative estimate of drug-likeness (QED) is 0.229. The Labute approximate surface area is 260 Å². The maximum absolute atomic E-state index is 7.31. The third-order valence-corrected chi connectivity index (χ3v) is 11.8. The second-order valence-corrected chi connectivity index (χ2v) is 12.8. The number of halogens is 2. The zero-order valence-electron chi connectivity index (χ0n) is 21.8. The van der Waals surface area contributed by atoms with E-state index in [4.69, 9.17) is 4.43 Å². The SMILES string of the molecule is CCC(CCO[Si](c1ccccc1)(c1ccccc1)c1ccccc1)(C1=CC=CC1)C1=CC=CC1.[Cl-].[Cl-].[Zr+2]. The predicted octanol–water partition coefficient (Wildman–Crippen LogP) is 0.235. The minimum Gasteiger partial charge on any atom is -1.00 e. The summed E-state index contributed by atoms with van der Waals surface area (Å²) in [5.74, 6) is 0. The first-order valence-corrected chi connectivity index (χ1v) is 14.7. The molecule has 0 aromatic heterocycles. The Morgan fingerprint density at radius 1 is 0.658 bits per heavy atom. The zero-order chi connectivity index (χ0) is 24.0. The van der Waals surface area contributed by atoms with Crippen LogP contribution in [-0.4, -0.2) is 14.9 Å². The van der Waals surface area contributed by atoms with Crippen LogP contribution in [0.2, 0.25) is 0 Å². The van der Waals surface area contributed by atoms with Crippen LogP contribution in [0.5, 0.6) is 0 Å². The second-order valence-electron chi connectivity index (χ2n) is 9.46. The maximum Gasteiger partial charge on any atom is 2.00 e. The molecule has 1 nitrogen and oxygen atoms in total. The topological polar surface area (TPSA) is 9.23 Å². The molecule has 0 unspecified atom stereocenters. The fraction of sp³-hybridized carbons (Fsp3) is 0.212. The van der Waals surface area contributed by atoms with Gasteiger partial charge in [-0.1, -0.05) is 146 Å². The van der Waals surface area contributed by atoms with Gasteiger partial charge in [0, 0.05) is 12.0 Å². The van der Waals surface area contributed by atoms with E-state index < -0.39 is 8.32 Å². The first-order valence-electron chi connectivity index (χ1n) is 12.8. The third-order valence-electron chi connectivity index (χ3n) is 7.76. The molecule has 3 aromatic rings. The van der Waals surface area contributed by atoms with Crippen molar-refractivity contribution in [2.45, 2.75) is 32.6 Å². The third kappa shape index (κ3) is 6.35. The molecule has 0 aliphatic heterocycles. The fourth-order valence-corrected chi connectivity index (χ4v) is 9.80. The first-order chi connectivity index (χ1) is 17.3. The number of hydrogen-bond acceptors (Lipinski definition) is 1. The van der Waals surface area contributed by atoms with Crippen LogP contribution in [0.3, 0.4) is 0 Å². The van der Waals surface area contributed by atoms with Gasteiger partial charge in [0.25, 0.3) is 8.32 Å². The van der Waals surface area contributed by atoms with E-state index in [9.17, 15) is 0 Å². The molecule has 0 heterocycles. The Bertz CT molecular complexity index is 1130. The molecular formula is C33H34Cl2OSiZr. The molecule has 2 aliphatic rings. The van der Waals surface area contributed by atoms with E-state index in [1.54, 1.807) is 0 Å². The summed E-state index contributed by atoms with van der Waals surface area (Å²) >= 11 is 0. The van der Waals surface area contributed by atoms with Gasteiger partial charge < -0.3 is 29.2 Å². The van der Waals surface area contributed by atoms with Gasteiger partial charge in [-0.25, -0.2) is 0 Å². The summed E-state index contributed by atoms with van der Waals surface area (Å²) in [6.07, 6.45) is 17.9. The van der Waals surface area contributed by atoms with Crippen LogP contribution in [0, 0.1) is 5.41 Å². The average Bonchev–Trinajstić information content (AvgIpc) is 3.67. The Kier molecular flexibility index (Phi) is 12.9. The molecule has 0 saturated carbocycles. The molecule has 0 spiro atoms. The Morgan fingerprint density at radius 2 is 1.05 bits per heavy atom. The van der Waals surface area contributed by atoms with Gasteiger partial charge in [0.2, 0.25) is 0 Å². The molecule has 38 heavy (non-hydrogen) atoms. The first kappa shape index (κ1) is 32.5. The largest absolute Gasteiger partial charge is 2.00 e. The van der Waals surface area contributed by atoms with E-state index in [-0.39, 0.29) is 56.4 Å². The van der Waals surface area contributed by atoms with E-state index in [0.29, 0.717) is 6.61 Å². The smallest absolute Gasteiger partial charge is 1.00 e. The number of rotatable bonds is 10. The average molecular weight is 637 g/mol. The molecule has 3 aromatic carbocycles. The van der Waals surface area contributed by atoms with Crippen molar-refractivity contribution in [1.29, 1.82) is 0 Å². The maximum atomic E-state index is 7.31. The van der Waals surface area contributed by atoms with Crippen LogP contribution >= 0.6 is 0 Å². The minimum atomic E-state index is -2.69. The summed E-state index contributed by atoms with van der Waals surface area (Å²) in [4.78, 5) is 0. The van der Waals surface area contributed by atoms with Crippen molar-refractivity contribution in [2.75, 3.05) is 6.61 Å². The van der Waals surface area contributed by atoms with Crippen molar-refractivity contribution in [2.24, 2.45) is 5.41 Å². The van der Waals surface area contributed by atoms with Gasteiger partial charge in [0.15, 0.2) is 0 Å². The molecule has 0 bridgehead atoms. The summed E-state index contributed by atoms with van der Waals surface area (Å²) in [6.45, 7) is 3.06. The van der Waals surface area contributed by atoms with Crippen LogP contribution in [0.4, 0.5) is 0 Å². The van der Waals surface area contributed by atoms with E-state index >= 15 is 0 Å². The van der Waals surface area contributed by atoms with Crippen LogP contribution in [0.15, 0.2) is 139 Å². The van der Waals surface area contributed by atoms with Gasteiger partial charge in [-0.05, 0) is 41.2 Å². The molecule has 0 fully saturated rings. The molecule has 5 rings (SSSR count). The summed E-state index contributed by atoms with van der Waals surface area (Å²) in [6, 6.07) is 32.7. The van der Waals surface area contributed by atoms with Crippen LogP contribution in [0.1, 0.15) is 32.6 Å². The van der Waals surface area contributed by atoms with E-state index in [0.717, 1.165) is 25.7 Å². The predicted molar refractivity (Wildman–Crippen MR) is 151 cm³/mol. The van der Waals surface area contributed by atoms with Crippen molar-refractivity contribution in [3.05, 3.63) is 139 Å². The van der Waals surface area contributed by atoms with Gasteiger partial charge in [0.05, 0.1) is 0 Å². The second kappa shape index (κ2) is 15.2. The van der Waals surface area contributed by atoms with Crippen LogP contribution < -0.4 is 40.4 Å². The number of benzene rings is 3. The van der Waals surface area contributed by atoms with Gasteiger partial charge in [-0.15, -0.1) is 0 Å². The summed E-state index contributed by atoms with van der Waals surface area (Å²) in [7, 11) is -2.69. The molecule has 194 valence electrons. The molecule has 0 saturated heterocycles. The molecule has 0 radical (unpaired) electrons. The van der Waals surface area contributed by atoms with Crippen LogP contribution in [0.25, 0.3) is 0 Å². The summed E-state index contributed by atoms with van der Waals surface area (Å²) < 4.78 is 7.31. The van der Waals surface area contributed by atoms with Crippen molar-refractivity contribution >= 4 is 23.9 Å². The number of hydrogen-bond donors (Lipinski definition) is 0. The fourth-order valence-electron chi connectivity index (χ4n) is 5.91. The molecule has 0 atom stereocenters. The monoisotopic (exact) mass is 634 g/mol. The van der Waals surface area contributed by atoms with Gasteiger partial charge in [-0.2, -0.15) is 0 Å². The van der Waals surface area contributed by atoms with Crippen molar-refractivity contribution in [1.82, 2.24) is 0 Å². The van der Waals surface area contributed by atoms with Gasteiger partial charge in [0.1, 0.15) is 0 Å². The molecular weight excluding hydrogens is 603 g/mol. The molecule has 2 aliphatic carbocycles. The van der Waals surface area contributed by atoms with Crippen LogP contribution in [-0.2, 0) is 30.6 Å². The summed E-state index contributed by atoms with van der Waals surface area (Å²) in [5.41, 5.74) is 3.12. The molecule has 5 heteroatoms. The Balaban J connectivity index is 0.00000169. The van der Waals surface area contributed by atoms with Gasteiger partial charge >= 0.3 is 26.2 Å². The normalized spacial score (nSPS) is 14.1. The number of allylic oxidation sites excluding steroid dienone is 8. The van der Waals surface area contributed by atoms with Crippen molar-refractivity contribution in [3.8, 4) is 0 Å². The zero-order valence-corrected chi connectivity index (χ0v) is 26.8. The van der Waals surface area contributed by atoms with E-state index in [2.05, 4.69) is 134 Å². The van der Waals surface area contributed by atoms with E-state index in [1.807, 2.05) is 0 Å². The van der Waals surface area contributed by atoms with Crippen molar-refractivity contribution in [3.63, 3.8) is 0 Å². The standard InChI is InChI=1S/C33H34OSi.2ClH.Zr/c1-2-33(28-16-12-13-17-28,29-18-14-15-19-29)26-27-34-35(30-20-6-3-7-21-30,31-22-8-4-9-23-31)32-24-10-5-11-25-32;;;/h3-16,18,20-25H,2,17,19,26-27H2,1H3;2*1H;/q;;;+2/p-2. The summed E-state index contributed by atoms with van der Waals surface area (Å²) in [5, 5.41) is 3.88. The Hall–Kier alpha value is -1.74. The molecule has 0 N–H and O–H groups in total. The Morgan fingerprint density at radius 3 is 1.37 bits per heavy atom. The van der Waals surface area contributed by atoms with Gasteiger partial charge in [-0.3, -0.25) is 0 Å². The minimum absolute atomic E-state index is 0.